The van der Waals surface area contributed by atoms with E-state index in [1.165, 1.54) is 0 Å². The lowest BCUT2D eigenvalue weighted by Gasteiger charge is -2.39. The summed E-state index contributed by atoms with van der Waals surface area (Å²) in [7, 11) is 3.65. The van der Waals surface area contributed by atoms with Crippen molar-refractivity contribution in [3.8, 4) is 0 Å². The highest BCUT2D eigenvalue weighted by Crippen LogP contribution is 2.31. The molecule has 10 nitrogen and oxygen atoms in total. The Morgan fingerprint density at radius 2 is 1.83 bits per heavy atom. The van der Waals surface area contributed by atoms with Gasteiger partial charge in [-0.15, -0.1) is 0 Å². The van der Waals surface area contributed by atoms with E-state index in [1.54, 1.807) is 11.8 Å². The van der Waals surface area contributed by atoms with Gasteiger partial charge >= 0.3 is 0 Å². The second kappa shape index (κ2) is 7.44. The minimum atomic E-state index is -0.0667. The molecule has 10 heteroatoms. The lowest BCUT2D eigenvalue weighted by Crippen LogP contribution is -2.52. The van der Waals surface area contributed by atoms with Crippen molar-refractivity contribution in [3.05, 3.63) is 29.3 Å². The predicted octanol–water partition coefficient (Wildman–Crippen LogP) is 1.18. The van der Waals surface area contributed by atoms with Crippen molar-refractivity contribution >= 4 is 22.9 Å². The molecule has 3 aromatic rings. The number of rotatable bonds is 4. The highest BCUT2D eigenvalue weighted by atomic mass is 16.5. The van der Waals surface area contributed by atoms with Gasteiger partial charge in [-0.1, -0.05) is 0 Å². The molecule has 0 unspecified atom stereocenters. The molecule has 158 valence electrons. The summed E-state index contributed by atoms with van der Waals surface area (Å²) in [6.45, 7) is 7.49. The molecule has 5 rings (SSSR count). The number of hydrogen-bond acceptors (Lipinski definition) is 9. The average Bonchev–Trinajstić information content (AvgIpc) is 3.15. The molecule has 0 amide bonds. The van der Waals surface area contributed by atoms with Gasteiger partial charge in [0, 0.05) is 45.6 Å². The van der Waals surface area contributed by atoms with E-state index in [4.69, 9.17) is 29.4 Å². The molecule has 0 N–H and O–H groups in total. The van der Waals surface area contributed by atoms with Gasteiger partial charge in [-0.25, -0.2) is 9.97 Å². The molecule has 3 aromatic heterocycles. The monoisotopic (exact) mass is 410 g/mol. The van der Waals surface area contributed by atoms with Crippen LogP contribution in [0, 0.1) is 13.8 Å². The van der Waals surface area contributed by atoms with Gasteiger partial charge in [0.2, 0.25) is 5.95 Å². The molecule has 2 saturated heterocycles. The first-order valence-electron chi connectivity index (χ1n) is 10.2. The SMILES string of the molecule is COC1CN(c2nc(N3CCO[C@H](c4cnn(C)c4)C3)nc3nc(C)c(C)nc23)C1. The van der Waals surface area contributed by atoms with Gasteiger partial charge < -0.3 is 19.3 Å². The van der Waals surface area contributed by atoms with Crippen molar-refractivity contribution < 1.29 is 9.47 Å². The molecule has 2 aliphatic heterocycles. The largest absolute Gasteiger partial charge is 0.378 e. The Morgan fingerprint density at radius 3 is 2.57 bits per heavy atom. The van der Waals surface area contributed by atoms with Crippen molar-refractivity contribution in [3.63, 3.8) is 0 Å². The molecule has 5 heterocycles. The maximum absolute atomic E-state index is 5.98. The Hall–Kier alpha value is -2.85. The van der Waals surface area contributed by atoms with Crippen molar-refractivity contribution in [1.82, 2.24) is 29.7 Å². The average molecular weight is 410 g/mol. The maximum Gasteiger partial charge on any atom is 0.229 e. The Bertz CT molecular complexity index is 1080. The van der Waals surface area contributed by atoms with Crippen molar-refractivity contribution in [2.45, 2.75) is 26.1 Å². The minimum Gasteiger partial charge on any atom is -0.378 e. The maximum atomic E-state index is 5.98. The number of ether oxygens (including phenoxy) is 2. The number of anilines is 2. The van der Waals surface area contributed by atoms with E-state index in [2.05, 4.69) is 14.9 Å². The number of methoxy groups -OCH3 is 1. The van der Waals surface area contributed by atoms with Gasteiger partial charge in [0.05, 0.1) is 36.8 Å². The molecule has 0 aliphatic carbocycles. The number of fused-ring (bicyclic) bond motifs is 1. The third kappa shape index (κ3) is 3.35. The quantitative estimate of drug-likeness (QED) is 0.628. The summed E-state index contributed by atoms with van der Waals surface area (Å²) in [6, 6.07) is 0. The number of aromatic nitrogens is 6. The van der Waals surface area contributed by atoms with E-state index in [1.807, 2.05) is 33.3 Å². The number of morpholine rings is 1. The first kappa shape index (κ1) is 19.1. The van der Waals surface area contributed by atoms with Gasteiger partial charge in [0.25, 0.3) is 0 Å². The molecule has 0 saturated carbocycles. The second-order valence-corrected chi connectivity index (χ2v) is 7.93. The zero-order valence-corrected chi connectivity index (χ0v) is 17.7. The van der Waals surface area contributed by atoms with E-state index in [0.717, 1.165) is 47.9 Å². The highest BCUT2D eigenvalue weighted by molar-refractivity contribution is 5.85. The van der Waals surface area contributed by atoms with Gasteiger partial charge in [0.1, 0.15) is 6.10 Å². The Labute approximate surface area is 174 Å². The molecule has 30 heavy (non-hydrogen) atoms. The summed E-state index contributed by atoms with van der Waals surface area (Å²) in [5.41, 5.74) is 4.20. The van der Waals surface area contributed by atoms with Crippen LogP contribution < -0.4 is 9.80 Å². The summed E-state index contributed by atoms with van der Waals surface area (Å²) < 4.78 is 13.2. The Balaban J connectivity index is 1.51. The van der Waals surface area contributed by atoms with E-state index in [-0.39, 0.29) is 12.2 Å². The fourth-order valence-corrected chi connectivity index (χ4v) is 3.85. The molecular formula is C20H26N8O2. The van der Waals surface area contributed by atoms with Crippen LogP contribution in [0.4, 0.5) is 11.8 Å². The van der Waals surface area contributed by atoms with E-state index < -0.39 is 0 Å². The number of nitrogens with zero attached hydrogens (tertiary/aromatic N) is 8. The van der Waals surface area contributed by atoms with Crippen molar-refractivity contribution in [2.24, 2.45) is 7.05 Å². The first-order chi connectivity index (χ1) is 14.5. The summed E-state index contributed by atoms with van der Waals surface area (Å²) in [4.78, 5) is 23.5. The fourth-order valence-electron chi connectivity index (χ4n) is 3.85. The predicted molar refractivity (Wildman–Crippen MR) is 112 cm³/mol. The van der Waals surface area contributed by atoms with Crippen LogP contribution >= 0.6 is 0 Å². The van der Waals surface area contributed by atoms with Gasteiger partial charge in [-0.2, -0.15) is 15.1 Å². The molecule has 0 radical (unpaired) electrons. The molecule has 0 aromatic carbocycles. The third-order valence-electron chi connectivity index (χ3n) is 5.84. The van der Waals surface area contributed by atoms with Crippen molar-refractivity contribution in [2.75, 3.05) is 49.7 Å². The molecule has 2 aliphatic rings. The van der Waals surface area contributed by atoms with Crippen LogP contribution in [0.3, 0.4) is 0 Å². The van der Waals surface area contributed by atoms with Crippen molar-refractivity contribution in [1.29, 1.82) is 0 Å². The standard InChI is InChI=1S/C20H26N8O2/c1-12-13(2)23-18-17(22-12)19(28-9-15(10-28)29-4)25-20(24-18)27-5-6-30-16(11-27)14-7-21-26(3)8-14/h7-8,15-16H,5-6,9-11H2,1-4H3/t16-/m0/s1. The highest BCUT2D eigenvalue weighted by Gasteiger charge is 2.32. The van der Waals surface area contributed by atoms with E-state index in [0.29, 0.717) is 24.7 Å². The minimum absolute atomic E-state index is 0.0667. The molecule has 0 bridgehead atoms. The van der Waals surface area contributed by atoms with E-state index >= 15 is 0 Å². The third-order valence-corrected chi connectivity index (χ3v) is 5.84. The Kier molecular flexibility index (Phi) is 4.75. The van der Waals surface area contributed by atoms with Crippen LogP contribution in [-0.2, 0) is 16.5 Å². The summed E-state index contributed by atoms with van der Waals surface area (Å²) in [5, 5.41) is 4.27. The van der Waals surface area contributed by atoms with E-state index in [9.17, 15) is 0 Å². The summed E-state index contributed by atoms with van der Waals surface area (Å²) >= 11 is 0. The van der Waals surface area contributed by atoms with Crippen LogP contribution in [0.5, 0.6) is 0 Å². The smallest absolute Gasteiger partial charge is 0.229 e. The molecule has 1 atom stereocenters. The normalized spacial score (nSPS) is 20.1. The molecule has 0 spiro atoms. The lowest BCUT2D eigenvalue weighted by atomic mass is 10.1. The summed E-state index contributed by atoms with van der Waals surface area (Å²) in [6.07, 6.45) is 3.99. The second-order valence-electron chi connectivity index (χ2n) is 7.93. The molecular weight excluding hydrogens is 384 g/mol. The van der Waals surface area contributed by atoms with Crippen LogP contribution in [0.15, 0.2) is 12.4 Å². The topological polar surface area (TPSA) is 94.3 Å². The van der Waals surface area contributed by atoms with Crippen LogP contribution in [0.2, 0.25) is 0 Å². The lowest BCUT2D eigenvalue weighted by molar-refractivity contribution is 0.0392. The van der Waals surface area contributed by atoms with Crippen LogP contribution in [-0.4, -0.2) is 75.7 Å². The fraction of sp³-hybridized carbons (Fsp3) is 0.550. The Morgan fingerprint density at radius 1 is 1.03 bits per heavy atom. The zero-order valence-electron chi connectivity index (χ0n) is 17.7. The molecule has 2 fully saturated rings. The number of aryl methyl sites for hydroxylation is 3. The van der Waals surface area contributed by atoms with Gasteiger partial charge in [0.15, 0.2) is 17.0 Å². The van der Waals surface area contributed by atoms with Gasteiger partial charge in [-0.05, 0) is 13.8 Å². The number of hydrogen-bond donors (Lipinski definition) is 0. The summed E-state index contributed by atoms with van der Waals surface area (Å²) in [5.74, 6) is 1.48. The first-order valence-corrected chi connectivity index (χ1v) is 10.2. The van der Waals surface area contributed by atoms with Crippen LogP contribution in [0.25, 0.3) is 11.2 Å². The zero-order chi connectivity index (χ0) is 20.8. The van der Waals surface area contributed by atoms with Crippen LogP contribution in [0.1, 0.15) is 23.1 Å². The van der Waals surface area contributed by atoms with Gasteiger partial charge in [-0.3, -0.25) is 4.68 Å².